The molecule has 1 unspecified atom stereocenters. The molecule has 2 heterocycles. The Morgan fingerprint density at radius 2 is 1.54 bits per heavy atom. The van der Waals surface area contributed by atoms with Crippen LogP contribution in [-0.4, -0.2) is 50.5 Å². The molecule has 1 aliphatic rings. The molecule has 0 saturated carbocycles. The van der Waals surface area contributed by atoms with Crippen LogP contribution in [0.15, 0.2) is 48.5 Å². The number of amides is 1. The van der Waals surface area contributed by atoms with E-state index in [-0.39, 0.29) is 12.0 Å². The van der Waals surface area contributed by atoms with Crippen LogP contribution < -0.4 is 5.73 Å². The van der Waals surface area contributed by atoms with Gasteiger partial charge >= 0.3 is 6.09 Å². The Balaban J connectivity index is 1.91. The maximum absolute atomic E-state index is 12.1. The van der Waals surface area contributed by atoms with Gasteiger partial charge in [0.2, 0.25) is 0 Å². The number of aromatic nitrogens is 1. The zero-order valence-corrected chi connectivity index (χ0v) is 16.4. The van der Waals surface area contributed by atoms with Gasteiger partial charge in [-0.05, 0) is 17.5 Å². The molecule has 1 saturated heterocycles. The van der Waals surface area contributed by atoms with E-state index in [2.05, 4.69) is 16.7 Å². The van der Waals surface area contributed by atoms with Crippen molar-refractivity contribution < 1.29 is 15.0 Å². The van der Waals surface area contributed by atoms with Gasteiger partial charge in [-0.3, -0.25) is 0 Å². The number of para-hydroxylation sites is 2. The summed E-state index contributed by atoms with van der Waals surface area (Å²) in [5.41, 5.74) is 8.01. The summed E-state index contributed by atoms with van der Waals surface area (Å²) in [6, 6.07) is 14.4. The van der Waals surface area contributed by atoms with Crippen LogP contribution >= 0.6 is 0 Å². The number of carboxylic acid groups (broad SMARTS) is 1. The van der Waals surface area contributed by atoms with E-state index in [1.807, 2.05) is 57.2 Å². The summed E-state index contributed by atoms with van der Waals surface area (Å²) in [5, 5.41) is 23.3. The third kappa shape index (κ3) is 2.75. The number of carbonyl (C=O) groups is 1. The topological polar surface area (TPSA) is 91.7 Å². The number of nitrogens with two attached hydrogens (primary N) is 1. The van der Waals surface area contributed by atoms with E-state index in [9.17, 15) is 15.0 Å². The van der Waals surface area contributed by atoms with Gasteiger partial charge in [-0.1, -0.05) is 57.2 Å². The van der Waals surface area contributed by atoms with Crippen LogP contribution in [-0.2, 0) is 0 Å². The lowest BCUT2D eigenvalue weighted by Crippen LogP contribution is -2.67. The van der Waals surface area contributed by atoms with Gasteiger partial charge in [0.15, 0.2) is 0 Å². The Hall–Kier alpha value is -2.57. The first kappa shape index (κ1) is 18.8. The lowest BCUT2D eigenvalue weighted by atomic mass is 9.75. The number of hydrogen-bond donors (Lipinski definition) is 3. The molecule has 148 valence electrons. The number of fused-ring (bicyclic) bond motifs is 3. The van der Waals surface area contributed by atoms with E-state index in [0.29, 0.717) is 0 Å². The summed E-state index contributed by atoms with van der Waals surface area (Å²) < 4.78 is 2.06. The van der Waals surface area contributed by atoms with Crippen molar-refractivity contribution in [2.75, 3.05) is 6.54 Å². The summed E-state index contributed by atoms with van der Waals surface area (Å²) in [4.78, 5) is 13.5. The van der Waals surface area contributed by atoms with Crippen molar-refractivity contribution in [1.29, 1.82) is 0 Å². The number of hydrogen-bond acceptors (Lipinski definition) is 3. The molecule has 0 aliphatic carbocycles. The highest BCUT2D eigenvalue weighted by Crippen LogP contribution is 2.39. The van der Waals surface area contributed by atoms with Crippen LogP contribution in [0.4, 0.5) is 4.79 Å². The van der Waals surface area contributed by atoms with Crippen molar-refractivity contribution in [3.63, 3.8) is 0 Å². The monoisotopic (exact) mass is 381 g/mol. The average molecular weight is 381 g/mol. The molecule has 0 bridgehead atoms. The van der Waals surface area contributed by atoms with Crippen LogP contribution in [0.2, 0.25) is 0 Å². The Bertz CT molecular complexity index is 983. The smallest absolute Gasteiger partial charge is 0.407 e. The third-order valence-electron chi connectivity index (χ3n) is 5.95. The number of aliphatic hydroxyl groups excluding tert-OH is 1. The van der Waals surface area contributed by atoms with E-state index in [1.54, 1.807) is 0 Å². The number of aliphatic hydroxyl groups is 1. The summed E-state index contributed by atoms with van der Waals surface area (Å²) in [6.07, 6.45) is -1.87. The van der Waals surface area contributed by atoms with Gasteiger partial charge in [0.25, 0.3) is 0 Å². The van der Waals surface area contributed by atoms with Gasteiger partial charge in [-0.15, -0.1) is 0 Å². The van der Waals surface area contributed by atoms with E-state index in [1.165, 1.54) is 4.90 Å². The summed E-state index contributed by atoms with van der Waals surface area (Å²) in [6.45, 7) is 6.07. The lowest BCUT2D eigenvalue weighted by Gasteiger charge is -2.50. The third-order valence-corrected chi connectivity index (χ3v) is 5.95. The molecule has 1 aromatic heterocycles. The molecule has 1 aliphatic heterocycles. The summed E-state index contributed by atoms with van der Waals surface area (Å²) >= 11 is 0. The fourth-order valence-corrected chi connectivity index (χ4v) is 4.86. The van der Waals surface area contributed by atoms with Crippen LogP contribution in [0.25, 0.3) is 21.8 Å². The molecule has 0 spiro atoms. The van der Waals surface area contributed by atoms with Gasteiger partial charge in [0, 0.05) is 28.4 Å². The predicted octanol–water partition coefficient (Wildman–Crippen LogP) is 3.43. The van der Waals surface area contributed by atoms with Crippen molar-refractivity contribution >= 4 is 27.9 Å². The van der Waals surface area contributed by atoms with Crippen molar-refractivity contribution in [2.45, 2.75) is 45.0 Å². The number of rotatable bonds is 1. The molecule has 4 rings (SSSR count). The number of likely N-dealkylation sites (tertiary alicyclic amines) is 1. The molecule has 0 radical (unpaired) electrons. The van der Waals surface area contributed by atoms with Crippen LogP contribution in [0, 0.1) is 5.41 Å². The maximum atomic E-state index is 12.1. The summed E-state index contributed by atoms with van der Waals surface area (Å²) in [5.74, 6) is 0. The van der Waals surface area contributed by atoms with Crippen LogP contribution in [0.1, 0.15) is 26.8 Å². The predicted molar refractivity (Wildman–Crippen MR) is 110 cm³/mol. The highest BCUT2D eigenvalue weighted by Gasteiger charge is 2.48. The molecular formula is C22H27N3O3. The maximum Gasteiger partial charge on any atom is 0.407 e. The molecule has 28 heavy (non-hydrogen) atoms. The molecule has 4 N–H and O–H groups in total. The standard InChI is InChI=1S/C22H27N3O3/c1-22(2,3)20-18(23)19(26)17(12-24(20)21(27)28)25-15-10-6-4-8-13(15)14-9-5-7-11-16(14)25/h4-11,17-20,26H,12,23H2,1-3H3,(H,27,28)/t17-,18-,19+,20?/m1/s1. The zero-order chi connectivity index (χ0) is 20.2. The highest BCUT2D eigenvalue weighted by atomic mass is 16.4. The minimum Gasteiger partial charge on any atom is -0.465 e. The molecule has 6 heteroatoms. The van der Waals surface area contributed by atoms with Crippen molar-refractivity contribution in [1.82, 2.24) is 9.47 Å². The Labute approximate surface area is 164 Å². The Morgan fingerprint density at radius 1 is 1.04 bits per heavy atom. The van der Waals surface area contributed by atoms with E-state index in [4.69, 9.17) is 5.73 Å². The van der Waals surface area contributed by atoms with E-state index >= 15 is 0 Å². The first-order chi connectivity index (χ1) is 13.2. The molecule has 1 fully saturated rings. The molecule has 6 nitrogen and oxygen atoms in total. The van der Waals surface area contributed by atoms with Crippen LogP contribution in [0.5, 0.6) is 0 Å². The molecule has 4 atom stereocenters. The van der Waals surface area contributed by atoms with Crippen molar-refractivity contribution in [2.24, 2.45) is 11.1 Å². The van der Waals surface area contributed by atoms with Gasteiger partial charge < -0.3 is 25.4 Å². The van der Waals surface area contributed by atoms with E-state index < -0.39 is 30.3 Å². The van der Waals surface area contributed by atoms with Gasteiger partial charge in [0.05, 0.1) is 24.2 Å². The van der Waals surface area contributed by atoms with E-state index in [0.717, 1.165) is 21.8 Å². The van der Waals surface area contributed by atoms with Gasteiger partial charge in [-0.2, -0.15) is 0 Å². The van der Waals surface area contributed by atoms with Crippen molar-refractivity contribution in [3.05, 3.63) is 48.5 Å². The number of nitrogens with zero attached hydrogens (tertiary/aromatic N) is 2. The summed E-state index contributed by atoms with van der Waals surface area (Å²) in [7, 11) is 0. The lowest BCUT2D eigenvalue weighted by molar-refractivity contribution is -0.0414. The second-order valence-corrected chi connectivity index (χ2v) is 8.79. The highest BCUT2D eigenvalue weighted by molar-refractivity contribution is 6.08. The fraction of sp³-hybridized carbons (Fsp3) is 0.409. The number of benzene rings is 2. The largest absolute Gasteiger partial charge is 0.465 e. The fourth-order valence-electron chi connectivity index (χ4n) is 4.86. The molecule has 2 aromatic carbocycles. The normalized spacial score (nSPS) is 26.1. The first-order valence-electron chi connectivity index (χ1n) is 9.62. The first-order valence-corrected chi connectivity index (χ1v) is 9.62. The second kappa shape index (κ2) is 6.50. The zero-order valence-electron chi connectivity index (χ0n) is 16.4. The van der Waals surface area contributed by atoms with Gasteiger partial charge in [-0.25, -0.2) is 4.79 Å². The molecular weight excluding hydrogens is 354 g/mol. The number of piperidine rings is 1. The second-order valence-electron chi connectivity index (χ2n) is 8.79. The van der Waals surface area contributed by atoms with Gasteiger partial charge in [0.1, 0.15) is 0 Å². The quantitative estimate of drug-likeness (QED) is 0.602. The minimum absolute atomic E-state index is 0.189. The van der Waals surface area contributed by atoms with Crippen molar-refractivity contribution in [3.8, 4) is 0 Å². The Morgan fingerprint density at radius 3 is 2.00 bits per heavy atom. The average Bonchev–Trinajstić information content (AvgIpc) is 2.97. The molecule has 1 amide bonds. The molecule has 3 aromatic rings. The minimum atomic E-state index is -1.01. The Kier molecular flexibility index (Phi) is 4.36. The van der Waals surface area contributed by atoms with Crippen LogP contribution in [0.3, 0.4) is 0 Å². The SMILES string of the molecule is CC(C)(C)C1[C@H](N)[C@@H](O)[C@H](n2c3ccccc3c3ccccc32)CN1C(=O)O.